The fourth-order valence-corrected chi connectivity index (χ4v) is 1.99. The molecule has 17 heavy (non-hydrogen) atoms. The Bertz CT molecular complexity index is 330. The van der Waals surface area contributed by atoms with E-state index in [4.69, 9.17) is 4.74 Å². The minimum absolute atomic E-state index is 0.0163. The standard InChI is InChI=1S/C15H22O2/c1-4-17-15(16)14(10-12(2)3)11-13-8-6-5-7-9-13/h5-9,12,14H,4,10-11H2,1-3H3/t14-/m0/s1. The molecule has 0 saturated heterocycles. The monoisotopic (exact) mass is 234 g/mol. The van der Waals surface area contributed by atoms with Crippen molar-refractivity contribution in [2.45, 2.75) is 33.6 Å². The summed E-state index contributed by atoms with van der Waals surface area (Å²) < 4.78 is 5.14. The summed E-state index contributed by atoms with van der Waals surface area (Å²) in [5, 5.41) is 0. The van der Waals surface area contributed by atoms with Gasteiger partial charge in [-0.15, -0.1) is 0 Å². The molecule has 2 heteroatoms. The second-order valence-corrected chi connectivity index (χ2v) is 4.77. The number of benzene rings is 1. The lowest BCUT2D eigenvalue weighted by atomic mass is 9.91. The molecule has 0 spiro atoms. The minimum Gasteiger partial charge on any atom is -0.466 e. The van der Waals surface area contributed by atoms with Gasteiger partial charge in [0, 0.05) is 0 Å². The zero-order valence-corrected chi connectivity index (χ0v) is 11.0. The normalized spacial score (nSPS) is 12.5. The van der Waals surface area contributed by atoms with E-state index in [1.54, 1.807) is 0 Å². The van der Waals surface area contributed by atoms with Crippen molar-refractivity contribution in [3.8, 4) is 0 Å². The fourth-order valence-electron chi connectivity index (χ4n) is 1.99. The van der Waals surface area contributed by atoms with Crippen molar-refractivity contribution in [2.24, 2.45) is 11.8 Å². The van der Waals surface area contributed by atoms with Gasteiger partial charge in [0.2, 0.25) is 0 Å². The molecule has 0 heterocycles. The van der Waals surface area contributed by atoms with Crippen LogP contribution < -0.4 is 0 Å². The van der Waals surface area contributed by atoms with E-state index in [-0.39, 0.29) is 11.9 Å². The second-order valence-electron chi connectivity index (χ2n) is 4.77. The van der Waals surface area contributed by atoms with E-state index in [1.165, 1.54) is 5.56 Å². The summed E-state index contributed by atoms with van der Waals surface area (Å²) in [6.07, 6.45) is 1.66. The number of carbonyl (C=O) groups excluding carboxylic acids is 1. The van der Waals surface area contributed by atoms with Gasteiger partial charge < -0.3 is 4.74 Å². The quantitative estimate of drug-likeness (QED) is 0.705. The number of ether oxygens (including phenoxy) is 1. The average molecular weight is 234 g/mol. The van der Waals surface area contributed by atoms with Gasteiger partial charge in [0.05, 0.1) is 12.5 Å². The molecular weight excluding hydrogens is 212 g/mol. The van der Waals surface area contributed by atoms with Crippen LogP contribution in [0.1, 0.15) is 32.8 Å². The highest BCUT2D eigenvalue weighted by Crippen LogP contribution is 2.18. The summed E-state index contributed by atoms with van der Waals surface area (Å²) in [5.74, 6) is 0.426. The fraction of sp³-hybridized carbons (Fsp3) is 0.533. The van der Waals surface area contributed by atoms with E-state index >= 15 is 0 Å². The minimum atomic E-state index is -0.0648. The zero-order chi connectivity index (χ0) is 12.7. The number of rotatable bonds is 6. The van der Waals surface area contributed by atoms with E-state index in [0.717, 1.165) is 12.8 Å². The highest BCUT2D eigenvalue weighted by atomic mass is 16.5. The summed E-state index contributed by atoms with van der Waals surface area (Å²) in [7, 11) is 0. The first-order valence-corrected chi connectivity index (χ1v) is 6.34. The predicted octanol–water partition coefficient (Wildman–Crippen LogP) is 3.45. The van der Waals surface area contributed by atoms with Crippen LogP contribution in [0.2, 0.25) is 0 Å². The molecule has 0 radical (unpaired) electrons. The molecule has 0 bridgehead atoms. The molecular formula is C15H22O2. The Morgan fingerprint density at radius 3 is 2.41 bits per heavy atom. The molecule has 94 valence electrons. The van der Waals surface area contributed by atoms with Crippen LogP contribution in [0.25, 0.3) is 0 Å². The van der Waals surface area contributed by atoms with Crippen molar-refractivity contribution in [1.82, 2.24) is 0 Å². The second kappa shape index (κ2) is 7.10. The van der Waals surface area contributed by atoms with E-state index in [1.807, 2.05) is 25.1 Å². The zero-order valence-electron chi connectivity index (χ0n) is 11.0. The van der Waals surface area contributed by atoms with E-state index in [2.05, 4.69) is 26.0 Å². The van der Waals surface area contributed by atoms with Crippen LogP contribution in [0.5, 0.6) is 0 Å². The Balaban J connectivity index is 2.66. The molecule has 2 nitrogen and oxygen atoms in total. The predicted molar refractivity (Wildman–Crippen MR) is 69.7 cm³/mol. The first-order valence-electron chi connectivity index (χ1n) is 6.34. The first-order chi connectivity index (χ1) is 8.13. The summed E-state index contributed by atoms with van der Waals surface area (Å²) in [6, 6.07) is 10.1. The van der Waals surface area contributed by atoms with Gasteiger partial charge in [0.15, 0.2) is 0 Å². The molecule has 0 aliphatic carbocycles. The van der Waals surface area contributed by atoms with Crippen LogP contribution in [-0.4, -0.2) is 12.6 Å². The lowest BCUT2D eigenvalue weighted by molar-refractivity contribution is -0.148. The van der Waals surface area contributed by atoms with Crippen LogP contribution in [0.15, 0.2) is 30.3 Å². The molecule has 0 aromatic heterocycles. The molecule has 1 atom stereocenters. The van der Waals surface area contributed by atoms with Crippen molar-refractivity contribution in [2.75, 3.05) is 6.61 Å². The van der Waals surface area contributed by atoms with Crippen LogP contribution in [0, 0.1) is 11.8 Å². The Hall–Kier alpha value is -1.31. The molecule has 0 saturated carbocycles. The summed E-state index contributed by atoms with van der Waals surface area (Å²) in [6.45, 7) is 6.59. The largest absolute Gasteiger partial charge is 0.466 e. The Kier molecular flexibility index (Phi) is 5.75. The van der Waals surface area contributed by atoms with Gasteiger partial charge in [-0.3, -0.25) is 4.79 Å². The molecule has 0 fully saturated rings. The van der Waals surface area contributed by atoms with E-state index < -0.39 is 0 Å². The van der Waals surface area contributed by atoms with Crippen molar-refractivity contribution in [3.63, 3.8) is 0 Å². The molecule has 0 unspecified atom stereocenters. The van der Waals surface area contributed by atoms with Crippen molar-refractivity contribution in [1.29, 1.82) is 0 Å². The summed E-state index contributed by atoms with van der Waals surface area (Å²) >= 11 is 0. The molecule has 0 aliphatic rings. The number of hydrogen-bond donors (Lipinski definition) is 0. The maximum absolute atomic E-state index is 11.9. The average Bonchev–Trinajstić information content (AvgIpc) is 2.29. The number of esters is 1. The third-order valence-electron chi connectivity index (χ3n) is 2.70. The van der Waals surface area contributed by atoms with Crippen LogP contribution in [-0.2, 0) is 16.0 Å². The van der Waals surface area contributed by atoms with Crippen LogP contribution >= 0.6 is 0 Å². The molecule has 1 aromatic carbocycles. The molecule has 0 aliphatic heterocycles. The summed E-state index contributed by atoms with van der Waals surface area (Å²) in [4.78, 5) is 11.9. The van der Waals surface area contributed by atoms with Crippen LogP contribution in [0.4, 0.5) is 0 Å². The molecule has 1 rings (SSSR count). The Morgan fingerprint density at radius 1 is 1.24 bits per heavy atom. The van der Waals surface area contributed by atoms with E-state index in [9.17, 15) is 4.79 Å². The maximum atomic E-state index is 11.9. The highest BCUT2D eigenvalue weighted by Gasteiger charge is 2.21. The van der Waals surface area contributed by atoms with Gasteiger partial charge in [0.25, 0.3) is 0 Å². The van der Waals surface area contributed by atoms with E-state index in [0.29, 0.717) is 12.5 Å². The number of hydrogen-bond acceptors (Lipinski definition) is 2. The van der Waals surface area contributed by atoms with Crippen LogP contribution in [0.3, 0.4) is 0 Å². The maximum Gasteiger partial charge on any atom is 0.309 e. The van der Waals surface area contributed by atoms with Gasteiger partial charge in [-0.05, 0) is 31.2 Å². The van der Waals surface area contributed by atoms with Crippen molar-refractivity contribution in [3.05, 3.63) is 35.9 Å². The summed E-state index contributed by atoms with van der Waals surface area (Å²) in [5.41, 5.74) is 1.20. The van der Waals surface area contributed by atoms with Crippen molar-refractivity contribution >= 4 is 5.97 Å². The topological polar surface area (TPSA) is 26.3 Å². The first kappa shape index (κ1) is 13.8. The van der Waals surface area contributed by atoms with Gasteiger partial charge >= 0.3 is 5.97 Å². The number of carbonyl (C=O) groups is 1. The molecule has 1 aromatic rings. The van der Waals surface area contributed by atoms with Gasteiger partial charge in [-0.25, -0.2) is 0 Å². The lowest BCUT2D eigenvalue weighted by Gasteiger charge is -2.17. The molecule has 0 amide bonds. The SMILES string of the molecule is CCOC(=O)[C@H](Cc1ccccc1)CC(C)C. The lowest BCUT2D eigenvalue weighted by Crippen LogP contribution is -2.21. The molecule has 0 N–H and O–H groups in total. The smallest absolute Gasteiger partial charge is 0.309 e. The van der Waals surface area contributed by atoms with Gasteiger partial charge in [0.1, 0.15) is 0 Å². The highest BCUT2D eigenvalue weighted by molar-refractivity contribution is 5.72. The Labute approximate surface area is 104 Å². The van der Waals surface area contributed by atoms with Gasteiger partial charge in [-0.2, -0.15) is 0 Å². The Morgan fingerprint density at radius 2 is 1.88 bits per heavy atom. The third-order valence-corrected chi connectivity index (χ3v) is 2.70. The van der Waals surface area contributed by atoms with Gasteiger partial charge in [-0.1, -0.05) is 44.2 Å². The van der Waals surface area contributed by atoms with Crippen molar-refractivity contribution < 1.29 is 9.53 Å². The third kappa shape index (κ3) is 5.03.